The van der Waals surface area contributed by atoms with E-state index in [4.69, 9.17) is 14.9 Å². The Morgan fingerprint density at radius 1 is 1.40 bits per heavy atom. The van der Waals surface area contributed by atoms with Gasteiger partial charge in [-0.25, -0.2) is 0 Å². The first-order valence-corrected chi connectivity index (χ1v) is 4.69. The summed E-state index contributed by atoms with van der Waals surface area (Å²) in [5, 5.41) is 17.5. The van der Waals surface area contributed by atoms with Gasteiger partial charge in [0.25, 0.3) is 0 Å². The lowest BCUT2D eigenvalue weighted by atomic mass is 10.1. The summed E-state index contributed by atoms with van der Waals surface area (Å²) >= 11 is 0. The molecule has 4 nitrogen and oxygen atoms in total. The minimum absolute atomic E-state index is 0.0106. The summed E-state index contributed by atoms with van der Waals surface area (Å²) in [5.41, 5.74) is 0.729. The second kappa shape index (κ2) is 5.36. The number of aliphatic hydroxyl groups excluding tert-OH is 1. The van der Waals surface area contributed by atoms with Crippen LogP contribution >= 0.6 is 0 Å². The summed E-state index contributed by atoms with van der Waals surface area (Å²) in [6, 6.07) is 6.79. The van der Waals surface area contributed by atoms with Gasteiger partial charge in [0.15, 0.2) is 0 Å². The molecule has 0 bridgehead atoms. The van der Waals surface area contributed by atoms with E-state index in [1.165, 1.54) is 0 Å². The van der Waals surface area contributed by atoms with Gasteiger partial charge in [-0.05, 0) is 24.6 Å². The summed E-state index contributed by atoms with van der Waals surface area (Å²) in [6.07, 6.45) is -0.500. The molecular formula is C11H14O4. The molecule has 1 atom stereocenters. The summed E-state index contributed by atoms with van der Waals surface area (Å²) < 4.78 is 5.23. The molecule has 1 aromatic carbocycles. The monoisotopic (exact) mass is 210 g/mol. The topological polar surface area (TPSA) is 66.8 Å². The minimum Gasteiger partial charge on any atom is -0.491 e. The SMILES string of the molecule is CC(O)COc1ccc(CC(=O)O)cc1. The van der Waals surface area contributed by atoms with Gasteiger partial charge < -0.3 is 14.9 Å². The van der Waals surface area contributed by atoms with Crippen molar-refractivity contribution in [2.75, 3.05) is 6.61 Å². The van der Waals surface area contributed by atoms with Crippen LogP contribution in [0.5, 0.6) is 5.75 Å². The number of benzene rings is 1. The summed E-state index contributed by atoms with van der Waals surface area (Å²) in [7, 11) is 0. The Morgan fingerprint density at radius 3 is 2.47 bits per heavy atom. The maximum Gasteiger partial charge on any atom is 0.307 e. The van der Waals surface area contributed by atoms with Crippen LogP contribution in [-0.4, -0.2) is 28.9 Å². The van der Waals surface area contributed by atoms with E-state index in [1.54, 1.807) is 31.2 Å². The van der Waals surface area contributed by atoms with Crippen LogP contribution in [0.15, 0.2) is 24.3 Å². The second-order valence-corrected chi connectivity index (χ2v) is 3.37. The van der Waals surface area contributed by atoms with Crippen molar-refractivity contribution < 1.29 is 19.7 Å². The molecule has 1 unspecified atom stereocenters. The van der Waals surface area contributed by atoms with Gasteiger partial charge in [0.1, 0.15) is 12.4 Å². The molecule has 0 aliphatic rings. The molecule has 0 radical (unpaired) electrons. The van der Waals surface area contributed by atoms with Crippen molar-refractivity contribution in [3.8, 4) is 5.75 Å². The van der Waals surface area contributed by atoms with Crippen molar-refractivity contribution in [1.29, 1.82) is 0 Å². The minimum atomic E-state index is -0.854. The number of rotatable bonds is 5. The fourth-order valence-corrected chi connectivity index (χ4v) is 1.09. The van der Waals surface area contributed by atoms with Gasteiger partial charge >= 0.3 is 5.97 Å². The molecule has 4 heteroatoms. The molecule has 0 amide bonds. The first kappa shape index (κ1) is 11.5. The van der Waals surface area contributed by atoms with Crippen LogP contribution < -0.4 is 4.74 Å². The highest BCUT2D eigenvalue weighted by Gasteiger charge is 2.01. The van der Waals surface area contributed by atoms with Gasteiger partial charge in [-0.15, -0.1) is 0 Å². The molecule has 0 saturated carbocycles. The molecule has 2 N–H and O–H groups in total. The van der Waals surface area contributed by atoms with Crippen molar-refractivity contribution in [3.63, 3.8) is 0 Å². The third-order valence-corrected chi connectivity index (χ3v) is 1.77. The molecule has 0 spiro atoms. The van der Waals surface area contributed by atoms with Gasteiger partial charge in [0, 0.05) is 0 Å². The van der Waals surface area contributed by atoms with Gasteiger partial charge in [-0.1, -0.05) is 12.1 Å². The number of hydrogen-bond donors (Lipinski definition) is 2. The second-order valence-electron chi connectivity index (χ2n) is 3.37. The lowest BCUT2D eigenvalue weighted by molar-refractivity contribution is -0.136. The maximum atomic E-state index is 10.4. The van der Waals surface area contributed by atoms with E-state index >= 15 is 0 Å². The normalized spacial score (nSPS) is 12.1. The Morgan fingerprint density at radius 2 is 2.00 bits per heavy atom. The number of aliphatic hydroxyl groups is 1. The number of hydrogen-bond acceptors (Lipinski definition) is 3. The number of carboxylic acid groups (broad SMARTS) is 1. The van der Waals surface area contributed by atoms with Crippen molar-refractivity contribution >= 4 is 5.97 Å². The van der Waals surface area contributed by atoms with E-state index in [-0.39, 0.29) is 13.0 Å². The maximum absolute atomic E-state index is 10.4. The molecule has 0 fully saturated rings. The van der Waals surface area contributed by atoms with Crippen molar-refractivity contribution in [2.45, 2.75) is 19.4 Å². The number of carbonyl (C=O) groups is 1. The van der Waals surface area contributed by atoms with Crippen LogP contribution in [0.4, 0.5) is 0 Å². The third kappa shape index (κ3) is 4.46. The average Bonchev–Trinajstić information content (AvgIpc) is 2.16. The molecular weight excluding hydrogens is 196 g/mol. The lowest BCUT2D eigenvalue weighted by Gasteiger charge is -2.08. The largest absolute Gasteiger partial charge is 0.491 e. The van der Waals surface area contributed by atoms with Crippen molar-refractivity contribution in [3.05, 3.63) is 29.8 Å². The lowest BCUT2D eigenvalue weighted by Crippen LogP contribution is -2.12. The summed E-state index contributed by atoms with van der Waals surface area (Å²) in [6.45, 7) is 1.87. The highest BCUT2D eigenvalue weighted by atomic mass is 16.5. The highest BCUT2D eigenvalue weighted by Crippen LogP contribution is 2.12. The van der Waals surface area contributed by atoms with Crippen LogP contribution in [0, 0.1) is 0 Å². The Balaban J connectivity index is 2.52. The molecule has 1 aromatic rings. The molecule has 0 aliphatic carbocycles. The molecule has 0 saturated heterocycles. The Bertz CT molecular complexity index is 316. The number of carboxylic acids is 1. The zero-order valence-electron chi connectivity index (χ0n) is 8.51. The molecule has 0 heterocycles. The third-order valence-electron chi connectivity index (χ3n) is 1.77. The predicted octanol–water partition coefficient (Wildman–Crippen LogP) is 1.07. The number of aliphatic carboxylic acids is 1. The van der Waals surface area contributed by atoms with E-state index < -0.39 is 12.1 Å². The first-order chi connectivity index (χ1) is 7.08. The molecule has 1 rings (SSSR count). The van der Waals surface area contributed by atoms with Crippen LogP contribution in [0.25, 0.3) is 0 Å². The van der Waals surface area contributed by atoms with Gasteiger partial charge in [-0.2, -0.15) is 0 Å². The predicted molar refractivity (Wildman–Crippen MR) is 55.0 cm³/mol. The van der Waals surface area contributed by atoms with E-state index in [2.05, 4.69) is 0 Å². The van der Waals surface area contributed by atoms with Crippen molar-refractivity contribution in [2.24, 2.45) is 0 Å². The van der Waals surface area contributed by atoms with E-state index in [0.717, 1.165) is 5.56 Å². The fraction of sp³-hybridized carbons (Fsp3) is 0.364. The fourth-order valence-electron chi connectivity index (χ4n) is 1.09. The van der Waals surface area contributed by atoms with Crippen LogP contribution in [-0.2, 0) is 11.2 Å². The molecule has 0 aromatic heterocycles. The zero-order valence-corrected chi connectivity index (χ0v) is 8.51. The smallest absolute Gasteiger partial charge is 0.307 e. The zero-order chi connectivity index (χ0) is 11.3. The van der Waals surface area contributed by atoms with Gasteiger partial charge in [-0.3, -0.25) is 4.79 Å². The van der Waals surface area contributed by atoms with E-state index in [1.807, 2.05) is 0 Å². The molecule has 0 aliphatic heterocycles. The first-order valence-electron chi connectivity index (χ1n) is 4.69. The standard InChI is InChI=1S/C11H14O4/c1-8(12)7-15-10-4-2-9(3-5-10)6-11(13)14/h2-5,8,12H,6-7H2,1H3,(H,13,14). The Hall–Kier alpha value is -1.55. The van der Waals surface area contributed by atoms with Crippen LogP contribution in [0.3, 0.4) is 0 Å². The molecule has 82 valence electrons. The van der Waals surface area contributed by atoms with Crippen LogP contribution in [0.2, 0.25) is 0 Å². The highest BCUT2D eigenvalue weighted by molar-refractivity contribution is 5.70. The average molecular weight is 210 g/mol. The quantitative estimate of drug-likeness (QED) is 0.763. The van der Waals surface area contributed by atoms with E-state index in [9.17, 15) is 4.79 Å². The molecule has 15 heavy (non-hydrogen) atoms. The Labute approximate surface area is 88.1 Å². The van der Waals surface area contributed by atoms with Gasteiger partial charge in [0.05, 0.1) is 12.5 Å². The Kier molecular flexibility index (Phi) is 4.12. The van der Waals surface area contributed by atoms with Crippen LogP contribution in [0.1, 0.15) is 12.5 Å². The van der Waals surface area contributed by atoms with Crippen molar-refractivity contribution in [1.82, 2.24) is 0 Å². The van der Waals surface area contributed by atoms with E-state index in [0.29, 0.717) is 5.75 Å². The number of ether oxygens (including phenoxy) is 1. The summed E-state index contributed by atoms with van der Waals surface area (Å²) in [4.78, 5) is 10.4. The summed E-state index contributed by atoms with van der Waals surface area (Å²) in [5.74, 6) is -0.224. The van der Waals surface area contributed by atoms with Gasteiger partial charge in [0.2, 0.25) is 0 Å².